The Morgan fingerprint density at radius 1 is 1.44 bits per heavy atom. The van der Waals surface area contributed by atoms with E-state index >= 15 is 0 Å². The molecule has 2 heterocycles. The van der Waals surface area contributed by atoms with Crippen LogP contribution in [0.3, 0.4) is 0 Å². The van der Waals surface area contributed by atoms with Crippen molar-refractivity contribution in [1.29, 1.82) is 0 Å². The third kappa shape index (κ3) is 2.88. The Morgan fingerprint density at radius 2 is 2.22 bits per heavy atom. The van der Waals surface area contributed by atoms with E-state index in [0.717, 1.165) is 11.3 Å². The van der Waals surface area contributed by atoms with Crippen LogP contribution < -0.4 is 15.3 Å². The molecule has 0 amide bonds. The van der Waals surface area contributed by atoms with Crippen LogP contribution in [0, 0.1) is 0 Å². The number of furan rings is 1. The van der Waals surface area contributed by atoms with Crippen molar-refractivity contribution in [2.75, 3.05) is 0 Å². The van der Waals surface area contributed by atoms with Crippen LogP contribution in [0.25, 0.3) is 0 Å². The van der Waals surface area contributed by atoms with Crippen molar-refractivity contribution in [2.45, 2.75) is 18.2 Å². The zero-order chi connectivity index (χ0) is 13.2. The molecule has 0 saturated heterocycles. The van der Waals surface area contributed by atoms with Gasteiger partial charge in [-0.05, 0) is 12.1 Å². The monoisotopic (exact) mass is 289 g/mol. The van der Waals surface area contributed by atoms with E-state index in [1.807, 2.05) is 0 Å². The van der Waals surface area contributed by atoms with Gasteiger partial charge in [0.15, 0.2) is 0 Å². The lowest BCUT2D eigenvalue weighted by Gasteiger charge is -2.02. The molecule has 9 heteroatoms. The maximum atomic E-state index is 11.8. The predicted octanol–water partition coefficient (Wildman–Crippen LogP) is -0.0334. The summed E-state index contributed by atoms with van der Waals surface area (Å²) in [6, 6.07) is 2.84. The van der Waals surface area contributed by atoms with Crippen LogP contribution in [0.4, 0.5) is 0 Å². The lowest BCUT2D eigenvalue weighted by atomic mass is 10.5. The number of H-pyrrole nitrogens is 1. The summed E-state index contributed by atoms with van der Waals surface area (Å²) >= 11 is 0.973. The second kappa shape index (κ2) is 5.06. The van der Waals surface area contributed by atoms with Gasteiger partial charge < -0.3 is 15.1 Å². The molecule has 0 atom stereocenters. The van der Waals surface area contributed by atoms with Gasteiger partial charge in [0.25, 0.3) is 10.0 Å². The van der Waals surface area contributed by atoms with E-state index in [0.29, 0.717) is 11.5 Å². The quantitative estimate of drug-likeness (QED) is 0.714. The molecule has 2 aromatic rings. The minimum Gasteiger partial charge on any atom is -0.447 e. The van der Waals surface area contributed by atoms with E-state index in [-0.39, 0.29) is 23.1 Å². The molecule has 0 unspecified atom stereocenters. The maximum Gasteiger partial charge on any atom is 0.304 e. The molecule has 0 saturated carbocycles. The lowest BCUT2D eigenvalue weighted by molar-refractivity contribution is 0.412. The standard InChI is InChI=1S/C9H11N3O4S2/c10-3-7-1-2-8(16-7)18(14,15)11-4-6-5-17-9(13)12-6/h1-2,5,11H,3-4,10H2,(H,12,13). The summed E-state index contributed by atoms with van der Waals surface area (Å²) in [7, 11) is -3.73. The van der Waals surface area contributed by atoms with Crippen LogP contribution in [0.2, 0.25) is 0 Å². The highest BCUT2D eigenvalue weighted by atomic mass is 32.2. The molecule has 2 aromatic heterocycles. The number of aromatic nitrogens is 1. The first-order valence-electron chi connectivity index (χ1n) is 4.96. The Kier molecular flexibility index (Phi) is 3.66. The number of nitrogens with two attached hydrogens (primary N) is 1. The van der Waals surface area contributed by atoms with Crippen molar-refractivity contribution in [3.8, 4) is 0 Å². The van der Waals surface area contributed by atoms with Gasteiger partial charge in [0.1, 0.15) is 5.76 Å². The predicted molar refractivity (Wildman–Crippen MR) is 65.6 cm³/mol. The smallest absolute Gasteiger partial charge is 0.304 e. The highest BCUT2D eigenvalue weighted by Gasteiger charge is 2.18. The van der Waals surface area contributed by atoms with Crippen LogP contribution in [0.1, 0.15) is 11.5 Å². The van der Waals surface area contributed by atoms with Crippen molar-refractivity contribution < 1.29 is 12.8 Å². The van der Waals surface area contributed by atoms with E-state index < -0.39 is 10.0 Å². The number of thiazole rings is 1. The van der Waals surface area contributed by atoms with Crippen molar-refractivity contribution in [3.63, 3.8) is 0 Å². The normalized spacial score (nSPS) is 11.8. The molecule has 2 rings (SSSR count). The largest absolute Gasteiger partial charge is 0.447 e. The molecular weight excluding hydrogens is 278 g/mol. The van der Waals surface area contributed by atoms with Crippen LogP contribution in [-0.2, 0) is 23.1 Å². The fourth-order valence-corrected chi connectivity index (χ4v) is 2.79. The number of sulfonamides is 1. The second-order valence-electron chi connectivity index (χ2n) is 3.42. The fraction of sp³-hybridized carbons (Fsp3) is 0.222. The molecule has 0 aliphatic heterocycles. The molecule has 7 nitrogen and oxygen atoms in total. The highest BCUT2D eigenvalue weighted by molar-refractivity contribution is 7.89. The van der Waals surface area contributed by atoms with Crippen LogP contribution >= 0.6 is 11.3 Å². The van der Waals surface area contributed by atoms with E-state index in [9.17, 15) is 13.2 Å². The Bertz CT molecular complexity index is 682. The number of aromatic amines is 1. The Balaban J connectivity index is 2.10. The van der Waals surface area contributed by atoms with Gasteiger partial charge in [0.05, 0.1) is 13.1 Å². The Morgan fingerprint density at radius 3 is 2.78 bits per heavy atom. The topological polar surface area (TPSA) is 118 Å². The number of nitrogens with one attached hydrogen (secondary N) is 2. The van der Waals surface area contributed by atoms with Gasteiger partial charge in [-0.1, -0.05) is 11.3 Å². The molecule has 0 bridgehead atoms. The average Bonchev–Trinajstić information content (AvgIpc) is 2.95. The third-order valence-corrected chi connectivity index (χ3v) is 4.12. The average molecular weight is 289 g/mol. The highest BCUT2D eigenvalue weighted by Crippen LogP contribution is 2.13. The molecule has 0 aromatic carbocycles. The van der Waals surface area contributed by atoms with Crippen molar-refractivity contribution in [2.24, 2.45) is 5.73 Å². The third-order valence-electron chi connectivity index (χ3n) is 2.13. The maximum absolute atomic E-state index is 11.8. The van der Waals surface area contributed by atoms with Gasteiger partial charge in [-0.25, -0.2) is 13.1 Å². The number of rotatable bonds is 5. The van der Waals surface area contributed by atoms with Crippen LogP contribution in [0.5, 0.6) is 0 Å². The summed E-state index contributed by atoms with van der Waals surface area (Å²) in [5.74, 6) is 0.388. The Labute approximate surface area is 107 Å². The summed E-state index contributed by atoms with van der Waals surface area (Å²) in [4.78, 5) is 13.2. The fourth-order valence-electron chi connectivity index (χ4n) is 1.26. The first-order valence-corrected chi connectivity index (χ1v) is 7.32. The van der Waals surface area contributed by atoms with Gasteiger partial charge >= 0.3 is 4.87 Å². The molecule has 0 fully saturated rings. The van der Waals surface area contributed by atoms with Gasteiger partial charge in [0, 0.05) is 11.1 Å². The minimum absolute atomic E-state index is 0.000266. The summed E-state index contributed by atoms with van der Waals surface area (Å²) < 4.78 is 31.0. The van der Waals surface area contributed by atoms with Crippen LogP contribution in [0.15, 0.2) is 31.8 Å². The van der Waals surface area contributed by atoms with E-state index in [2.05, 4.69) is 9.71 Å². The van der Waals surface area contributed by atoms with Crippen molar-refractivity contribution in [3.05, 3.63) is 38.6 Å². The van der Waals surface area contributed by atoms with Gasteiger partial charge in [-0.2, -0.15) is 0 Å². The summed E-state index contributed by atoms with van der Waals surface area (Å²) in [5.41, 5.74) is 5.83. The summed E-state index contributed by atoms with van der Waals surface area (Å²) in [5, 5.41) is 1.36. The molecule has 98 valence electrons. The second-order valence-corrected chi connectivity index (χ2v) is 5.96. The van der Waals surface area contributed by atoms with Gasteiger partial charge in [0.2, 0.25) is 5.09 Å². The summed E-state index contributed by atoms with van der Waals surface area (Å²) in [6.07, 6.45) is 0. The first kappa shape index (κ1) is 13.0. The van der Waals surface area contributed by atoms with E-state index in [1.54, 1.807) is 5.38 Å². The van der Waals surface area contributed by atoms with Crippen molar-refractivity contribution >= 4 is 21.4 Å². The number of hydrogen-bond acceptors (Lipinski definition) is 6. The molecular formula is C9H11N3O4S2. The zero-order valence-corrected chi connectivity index (χ0v) is 10.8. The molecule has 0 aliphatic rings. The molecule has 0 radical (unpaired) electrons. The lowest BCUT2D eigenvalue weighted by Crippen LogP contribution is -2.23. The SMILES string of the molecule is NCc1ccc(S(=O)(=O)NCc2csc(=O)[nH]2)o1. The zero-order valence-electron chi connectivity index (χ0n) is 9.17. The van der Waals surface area contributed by atoms with Crippen LogP contribution in [-0.4, -0.2) is 13.4 Å². The first-order chi connectivity index (χ1) is 8.51. The van der Waals surface area contributed by atoms with E-state index in [4.69, 9.17) is 10.2 Å². The molecule has 4 N–H and O–H groups in total. The summed E-state index contributed by atoms with van der Waals surface area (Å²) in [6.45, 7) is 0.132. The minimum atomic E-state index is -3.73. The van der Waals surface area contributed by atoms with Gasteiger partial charge in [-0.3, -0.25) is 4.79 Å². The Hall–Kier alpha value is -1.42. The molecule has 0 spiro atoms. The van der Waals surface area contributed by atoms with Crippen molar-refractivity contribution in [1.82, 2.24) is 9.71 Å². The molecule has 18 heavy (non-hydrogen) atoms. The number of hydrogen-bond donors (Lipinski definition) is 3. The van der Waals surface area contributed by atoms with E-state index in [1.165, 1.54) is 12.1 Å². The van der Waals surface area contributed by atoms with Gasteiger partial charge in [-0.15, -0.1) is 0 Å². The molecule has 0 aliphatic carbocycles.